The lowest BCUT2D eigenvalue weighted by molar-refractivity contribution is -0.116. The summed E-state index contributed by atoms with van der Waals surface area (Å²) in [7, 11) is 1.32. The van der Waals surface area contributed by atoms with Crippen LogP contribution >= 0.6 is 11.6 Å². The minimum absolute atomic E-state index is 0.354. The number of benzene rings is 2. The molecule has 5 heteroatoms. The lowest BCUT2D eigenvalue weighted by Gasteiger charge is -2.12. The number of methoxy groups -OCH3 is 1. The number of anilines is 1. The number of aryl methyl sites for hydroxylation is 1. The van der Waals surface area contributed by atoms with Crippen LogP contribution in [0.2, 0.25) is 0 Å². The summed E-state index contributed by atoms with van der Waals surface area (Å²) in [5, 5.41) is 1.91. The van der Waals surface area contributed by atoms with Gasteiger partial charge in [0.15, 0.2) is 0 Å². The van der Waals surface area contributed by atoms with Gasteiger partial charge in [0.1, 0.15) is 5.38 Å². The Morgan fingerprint density at radius 3 is 2.45 bits per heavy atom. The smallest absolute Gasteiger partial charge is 0.338 e. The van der Waals surface area contributed by atoms with Crippen molar-refractivity contribution in [2.75, 3.05) is 12.4 Å². The van der Waals surface area contributed by atoms with E-state index in [1.54, 1.807) is 37.3 Å². The summed E-state index contributed by atoms with van der Waals surface area (Å²) in [6.07, 6.45) is 0. The van der Waals surface area contributed by atoms with Crippen molar-refractivity contribution >= 4 is 29.2 Å². The van der Waals surface area contributed by atoms with Crippen LogP contribution in [0.5, 0.6) is 0 Å². The molecule has 2 rings (SSSR count). The molecule has 0 saturated heterocycles. The third-order valence-corrected chi connectivity index (χ3v) is 3.68. The van der Waals surface area contributed by atoms with Gasteiger partial charge in [-0.2, -0.15) is 0 Å². The van der Waals surface area contributed by atoms with Crippen molar-refractivity contribution in [2.45, 2.75) is 12.3 Å². The fraction of sp³-hybridized carbons (Fsp3) is 0.176. The molecule has 0 bridgehead atoms. The van der Waals surface area contributed by atoms with Crippen molar-refractivity contribution in [1.29, 1.82) is 0 Å². The third kappa shape index (κ3) is 3.65. The van der Waals surface area contributed by atoms with Crippen LogP contribution in [0.15, 0.2) is 48.5 Å². The number of esters is 1. The largest absolute Gasteiger partial charge is 0.465 e. The van der Waals surface area contributed by atoms with E-state index in [4.69, 9.17) is 16.3 Å². The van der Waals surface area contributed by atoms with Gasteiger partial charge in [-0.15, -0.1) is 11.6 Å². The zero-order valence-electron chi connectivity index (χ0n) is 12.3. The lowest BCUT2D eigenvalue weighted by Crippen LogP contribution is -2.17. The molecule has 2 aromatic rings. The third-order valence-electron chi connectivity index (χ3n) is 3.23. The second-order valence-corrected chi connectivity index (χ2v) is 5.22. The predicted molar refractivity (Wildman–Crippen MR) is 86.2 cm³/mol. The van der Waals surface area contributed by atoms with Crippen LogP contribution in [0.25, 0.3) is 0 Å². The van der Waals surface area contributed by atoms with Gasteiger partial charge in [0.25, 0.3) is 0 Å². The van der Waals surface area contributed by atoms with Gasteiger partial charge in [-0.1, -0.05) is 36.4 Å². The topological polar surface area (TPSA) is 55.4 Å². The molecule has 1 N–H and O–H groups in total. The molecule has 2 aromatic carbocycles. The molecule has 0 aliphatic carbocycles. The highest BCUT2D eigenvalue weighted by molar-refractivity contribution is 6.32. The van der Waals surface area contributed by atoms with Gasteiger partial charge in [-0.3, -0.25) is 4.79 Å². The molecule has 1 unspecified atom stereocenters. The van der Waals surface area contributed by atoms with Crippen molar-refractivity contribution in [3.8, 4) is 0 Å². The minimum atomic E-state index is -0.802. The van der Waals surface area contributed by atoms with Gasteiger partial charge in [0.05, 0.1) is 12.7 Å². The number of carbonyl (C=O) groups is 2. The lowest BCUT2D eigenvalue weighted by atomic mass is 10.1. The summed E-state index contributed by atoms with van der Waals surface area (Å²) in [5.41, 5.74) is 2.39. The van der Waals surface area contributed by atoms with Crippen LogP contribution in [-0.2, 0) is 9.53 Å². The first-order chi connectivity index (χ1) is 10.5. The van der Waals surface area contributed by atoms with E-state index < -0.39 is 11.3 Å². The van der Waals surface area contributed by atoms with Gasteiger partial charge < -0.3 is 10.1 Å². The number of rotatable bonds is 4. The first-order valence-corrected chi connectivity index (χ1v) is 7.15. The maximum atomic E-state index is 12.2. The summed E-state index contributed by atoms with van der Waals surface area (Å²) < 4.78 is 4.72. The van der Waals surface area contributed by atoms with Crippen LogP contribution in [0.3, 0.4) is 0 Å². The zero-order valence-corrected chi connectivity index (χ0v) is 13.1. The molecule has 0 saturated carbocycles. The van der Waals surface area contributed by atoms with Crippen molar-refractivity contribution in [3.63, 3.8) is 0 Å². The number of hydrogen-bond donors (Lipinski definition) is 1. The molecule has 0 fully saturated rings. The highest BCUT2D eigenvalue weighted by atomic mass is 35.5. The van der Waals surface area contributed by atoms with E-state index in [0.717, 1.165) is 5.56 Å². The first kappa shape index (κ1) is 16.0. The van der Waals surface area contributed by atoms with E-state index in [1.807, 2.05) is 18.2 Å². The fourth-order valence-electron chi connectivity index (χ4n) is 2.01. The van der Waals surface area contributed by atoms with Crippen LogP contribution < -0.4 is 5.32 Å². The van der Waals surface area contributed by atoms with E-state index in [2.05, 4.69) is 5.32 Å². The van der Waals surface area contributed by atoms with Crippen molar-refractivity contribution < 1.29 is 14.3 Å². The number of hydrogen-bond acceptors (Lipinski definition) is 3. The average molecular weight is 318 g/mol. The van der Waals surface area contributed by atoms with E-state index in [-0.39, 0.29) is 5.91 Å². The summed E-state index contributed by atoms with van der Waals surface area (Å²) in [6.45, 7) is 1.80. The van der Waals surface area contributed by atoms with Gasteiger partial charge in [-0.05, 0) is 30.2 Å². The number of carbonyl (C=O) groups excluding carboxylic acids is 2. The second kappa shape index (κ2) is 7.09. The average Bonchev–Trinajstić information content (AvgIpc) is 2.55. The highest BCUT2D eigenvalue weighted by Gasteiger charge is 2.18. The Balaban J connectivity index is 2.17. The standard InChI is InChI=1S/C17H16ClNO3/c1-11-8-9-13(10-14(11)17(21)22-2)19-16(20)15(18)12-6-4-3-5-7-12/h3-10,15H,1-2H3,(H,19,20). The summed E-state index contributed by atoms with van der Waals surface area (Å²) in [5.74, 6) is -0.799. The van der Waals surface area contributed by atoms with Crippen LogP contribution in [-0.4, -0.2) is 19.0 Å². The quantitative estimate of drug-likeness (QED) is 0.691. The zero-order chi connectivity index (χ0) is 16.1. The van der Waals surface area contributed by atoms with Crippen molar-refractivity contribution in [1.82, 2.24) is 0 Å². The van der Waals surface area contributed by atoms with Crippen LogP contribution in [0.4, 0.5) is 5.69 Å². The molecule has 0 aromatic heterocycles. The monoisotopic (exact) mass is 317 g/mol. The van der Waals surface area contributed by atoms with Gasteiger partial charge >= 0.3 is 5.97 Å². The number of amides is 1. The van der Waals surface area contributed by atoms with Crippen molar-refractivity contribution in [2.24, 2.45) is 0 Å². The fourth-order valence-corrected chi connectivity index (χ4v) is 2.21. The molecular formula is C17H16ClNO3. The Hall–Kier alpha value is -2.33. The molecule has 0 heterocycles. The Kier molecular flexibility index (Phi) is 5.17. The Morgan fingerprint density at radius 2 is 1.82 bits per heavy atom. The van der Waals surface area contributed by atoms with Crippen LogP contribution in [0.1, 0.15) is 26.9 Å². The molecule has 0 aliphatic rings. The summed E-state index contributed by atoms with van der Waals surface area (Å²) >= 11 is 6.16. The molecule has 114 valence electrons. The molecule has 4 nitrogen and oxygen atoms in total. The molecule has 22 heavy (non-hydrogen) atoms. The van der Waals surface area contributed by atoms with Crippen LogP contribution in [0, 0.1) is 6.92 Å². The normalized spacial score (nSPS) is 11.6. The Bertz CT molecular complexity index is 686. The second-order valence-electron chi connectivity index (χ2n) is 4.78. The maximum Gasteiger partial charge on any atom is 0.338 e. The molecule has 0 radical (unpaired) electrons. The predicted octanol–water partition coefficient (Wildman–Crippen LogP) is 3.70. The summed E-state index contributed by atoms with van der Waals surface area (Å²) in [6, 6.07) is 14.1. The van der Waals surface area contributed by atoms with E-state index in [1.165, 1.54) is 7.11 Å². The number of halogens is 1. The minimum Gasteiger partial charge on any atom is -0.465 e. The van der Waals surface area contributed by atoms with E-state index in [0.29, 0.717) is 16.8 Å². The highest BCUT2D eigenvalue weighted by Crippen LogP contribution is 2.23. The van der Waals surface area contributed by atoms with E-state index in [9.17, 15) is 9.59 Å². The van der Waals surface area contributed by atoms with Gasteiger partial charge in [0.2, 0.25) is 5.91 Å². The molecular weight excluding hydrogens is 302 g/mol. The Morgan fingerprint density at radius 1 is 1.14 bits per heavy atom. The Labute approximate surface area is 134 Å². The molecule has 1 amide bonds. The first-order valence-electron chi connectivity index (χ1n) is 6.71. The molecule has 0 spiro atoms. The number of nitrogens with one attached hydrogen (secondary N) is 1. The number of alkyl halides is 1. The maximum absolute atomic E-state index is 12.2. The number of ether oxygens (including phenoxy) is 1. The van der Waals surface area contributed by atoms with Gasteiger partial charge in [0, 0.05) is 5.69 Å². The SMILES string of the molecule is COC(=O)c1cc(NC(=O)C(Cl)c2ccccc2)ccc1C. The summed E-state index contributed by atoms with van der Waals surface area (Å²) in [4.78, 5) is 23.9. The molecule has 1 atom stereocenters. The molecule has 0 aliphatic heterocycles. The van der Waals surface area contributed by atoms with E-state index >= 15 is 0 Å². The van der Waals surface area contributed by atoms with Gasteiger partial charge in [-0.25, -0.2) is 4.79 Å². The van der Waals surface area contributed by atoms with Crippen molar-refractivity contribution in [3.05, 3.63) is 65.2 Å².